The molecule has 0 bridgehead atoms. The second kappa shape index (κ2) is 6.67. The smallest absolute Gasteiger partial charge is 0.261 e. The fourth-order valence-electron chi connectivity index (χ4n) is 2.53. The van der Waals surface area contributed by atoms with Crippen LogP contribution in [0, 0.1) is 0 Å². The molecule has 1 atom stereocenters. The molecule has 0 aromatic heterocycles. The summed E-state index contributed by atoms with van der Waals surface area (Å²) in [4.78, 5) is 12.0. The van der Waals surface area contributed by atoms with Gasteiger partial charge in [-0.25, -0.2) is 0 Å². The van der Waals surface area contributed by atoms with E-state index in [0.717, 1.165) is 37.9 Å². The van der Waals surface area contributed by atoms with Crippen molar-refractivity contribution in [2.45, 2.75) is 50.8 Å². The van der Waals surface area contributed by atoms with Crippen LogP contribution >= 0.6 is 11.6 Å². The summed E-state index contributed by atoms with van der Waals surface area (Å²) < 4.78 is 5.98. The Morgan fingerprint density at radius 2 is 2.14 bits per heavy atom. The van der Waals surface area contributed by atoms with Crippen molar-refractivity contribution in [1.29, 1.82) is 0 Å². The number of rotatable bonds is 5. The number of carbonyl (C=O) groups excluding carboxylic acids is 1. The third kappa shape index (κ3) is 3.89. The average Bonchev–Trinajstić information content (AvgIpc) is 3.29. The average molecular weight is 309 g/mol. The Morgan fingerprint density at radius 1 is 1.29 bits per heavy atom. The van der Waals surface area contributed by atoms with Gasteiger partial charge in [-0.15, -0.1) is 0 Å². The molecule has 3 rings (SSSR count). The van der Waals surface area contributed by atoms with E-state index in [4.69, 9.17) is 16.3 Å². The minimum absolute atomic E-state index is 0.0338. The molecule has 2 N–H and O–H groups in total. The van der Waals surface area contributed by atoms with Gasteiger partial charge in [-0.3, -0.25) is 4.79 Å². The molecule has 5 heteroatoms. The molecular formula is C16H21ClN2O2. The molecule has 0 spiro atoms. The third-order valence-electron chi connectivity index (χ3n) is 3.95. The lowest BCUT2D eigenvalue weighted by atomic mass is 10.1. The molecule has 1 aliphatic carbocycles. The van der Waals surface area contributed by atoms with Gasteiger partial charge in [0.2, 0.25) is 0 Å². The lowest BCUT2D eigenvalue weighted by molar-refractivity contribution is -0.127. The molecule has 1 saturated carbocycles. The van der Waals surface area contributed by atoms with E-state index in [1.807, 2.05) is 18.2 Å². The van der Waals surface area contributed by atoms with Crippen LogP contribution in [0.15, 0.2) is 18.2 Å². The van der Waals surface area contributed by atoms with Crippen molar-refractivity contribution >= 4 is 17.5 Å². The van der Waals surface area contributed by atoms with E-state index in [1.165, 1.54) is 12.8 Å². The predicted octanol–water partition coefficient (Wildman–Crippen LogP) is 2.64. The second-order valence-electron chi connectivity index (χ2n) is 5.78. The lowest BCUT2D eigenvalue weighted by Crippen LogP contribution is -2.36. The first-order valence-electron chi connectivity index (χ1n) is 7.69. The number of amides is 1. The van der Waals surface area contributed by atoms with Gasteiger partial charge in [0.1, 0.15) is 5.75 Å². The first kappa shape index (κ1) is 14.7. The molecule has 1 aromatic rings. The van der Waals surface area contributed by atoms with E-state index < -0.39 is 6.10 Å². The van der Waals surface area contributed by atoms with Gasteiger partial charge in [0.05, 0.1) is 5.02 Å². The number of hydrogen-bond acceptors (Lipinski definition) is 3. The highest BCUT2D eigenvalue weighted by Crippen LogP contribution is 2.31. The lowest BCUT2D eigenvalue weighted by Gasteiger charge is -2.19. The van der Waals surface area contributed by atoms with Gasteiger partial charge < -0.3 is 15.4 Å². The summed E-state index contributed by atoms with van der Waals surface area (Å²) in [5, 5.41) is 6.92. The van der Waals surface area contributed by atoms with Crippen molar-refractivity contribution in [3.8, 4) is 5.75 Å². The maximum absolute atomic E-state index is 12.0. The largest absolute Gasteiger partial charge is 0.479 e. The zero-order valence-electron chi connectivity index (χ0n) is 12.0. The SMILES string of the molecule is O=C1NCCCCC1Oc1c(Cl)cccc1CNC1CC1. The minimum Gasteiger partial charge on any atom is -0.479 e. The normalized spacial score (nSPS) is 22.5. The van der Waals surface area contributed by atoms with E-state index in [-0.39, 0.29) is 5.91 Å². The fourth-order valence-corrected chi connectivity index (χ4v) is 2.77. The molecule has 4 nitrogen and oxygen atoms in total. The Balaban J connectivity index is 1.73. The molecule has 2 aliphatic rings. The van der Waals surface area contributed by atoms with Crippen LogP contribution in [0.1, 0.15) is 37.7 Å². The van der Waals surface area contributed by atoms with E-state index in [1.54, 1.807) is 0 Å². The maximum Gasteiger partial charge on any atom is 0.261 e. The zero-order valence-corrected chi connectivity index (χ0v) is 12.8. The molecule has 1 saturated heterocycles. The Labute approximate surface area is 130 Å². The monoisotopic (exact) mass is 308 g/mol. The van der Waals surface area contributed by atoms with E-state index in [0.29, 0.717) is 16.8 Å². The number of para-hydroxylation sites is 1. The molecule has 1 heterocycles. The van der Waals surface area contributed by atoms with Crippen molar-refractivity contribution in [2.24, 2.45) is 0 Å². The first-order chi connectivity index (χ1) is 10.2. The molecule has 1 aliphatic heterocycles. The van der Waals surface area contributed by atoms with Crippen molar-refractivity contribution in [2.75, 3.05) is 6.54 Å². The number of carbonyl (C=O) groups is 1. The van der Waals surface area contributed by atoms with Crippen LogP contribution in [0.3, 0.4) is 0 Å². The summed E-state index contributed by atoms with van der Waals surface area (Å²) in [5.41, 5.74) is 1.02. The van der Waals surface area contributed by atoms with Crippen molar-refractivity contribution in [1.82, 2.24) is 10.6 Å². The molecule has 1 unspecified atom stereocenters. The van der Waals surface area contributed by atoms with Crippen LogP contribution in [0.4, 0.5) is 0 Å². The molecular weight excluding hydrogens is 288 g/mol. The first-order valence-corrected chi connectivity index (χ1v) is 8.07. The Kier molecular flexibility index (Phi) is 4.66. The van der Waals surface area contributed by atoms with Crippen molar-refractivity contribution < 1.29 is 9.53 Å². The highest BCUT2D eigenvalue weighted by atomic mass is 35.5. The number of ether oxygens (including phenoxy) is 1. The van der Waals surface area contributed by atoms with Crippen LogP contribution in [-0.2, 0) is 11.3 Å². The molecule has 0 radical (unpaired) electrons. The molecule has 114 valence electrons. The van der Waals surface area contributed by atoms with Gasteiger partial charge in [-0.2, -0.15) is 0 Å². The molecule has 1 aromatic carbocycles. The number of halogens is 1. The summed E-state index contributed by atoms with van der Waals surface area (Å²) in [6, 6.07) is 6.36. The summed E-state index contributed by atoms with van der Waals surface area (Å²) in [6.07, 6.45) is 4.77. The van der Waals surface area contributed by atoms with Gasteiger partial charge in [0.25, 0.3) is 5.91 Å². The van der Waals surface area contributed by atoms with Crippen LogP contribution in [0.25, 0.3) is 0 Å². The molecule has 2 fully saturated rings. The third-order valence-corrected chi connectivity index (χ3v) is 4.25. The van der Waals surface area contributed by atoms with Gasteiger partial charge >= 0.3 is 0 Å². The van der Waals surface area contributed by atoms with Crippen LogP contribution in [0.5, 0.6) is 5.75 Å². The Hall–Kier alpha value is -1.26. The topological polar surface area (TPSA) is 50.4 Å². The quantitative estimate of drug-likeness (QED) is 0.879. The number of benzene rings is 1. The minimum atomic E-state index is -0.438. The zero-order chi connectivity index (χ0) is 14.7. The van der Waals surface area contributed by atoms with Crippen molar-refractivity contribution in [3.05, 3.63) is 28.8 Å². The van der Waals surface area contributed by atoms with Gasteiger partial charge in [0, 0.05) is 24.7 Å². The maximum atomic E-state index is 12.0. The fraction of sp³-hybridized carbons (Fsp3) is 0.562. The van der Waals surface area contributed by atoms with Gasteiger partial charge in [0.15, 0.2) is 6.10 Å². The Bertz CT molecular complexity index is 517. The summed E-state index contributed by atoms with van der Waals surface area (Å²) >= 11 is 6.28. The number of nitrogens with one attached hydrogen (secondary N) is 2. The second-order valence-corrected chi connectivity index (χ2v) is 6.18. The summed E-state index contributed by atoms with van der Waals surface area (Å²) in [6.45, 7) is 1.46. The molecule has 21 heavy (non-hydrogen) atoms. The van der Waals surface area contributed by atoms with E-state index in [2.05, 4.69) is 10.6 Å². The summed E-state index contributed by atoms with van der Waals surface area (Å²) in [5.74, 6) is 0.614. The Morgan fingerprint density at radius 3 is 2.95 bits per heavy atom. The predicted molar refractivity (Wildman–Crippen MR) is 82.6 cm³/mol. The van der Waals surface area contributed by atoms with Gasteiger partial charge in [-0.05, 0) is 38.2 Å². The number of hydrogen-bond donors (Lipinski definition) is 2. The van der Waals surface area contributed by atoms with Crippen LogP contribution in [-0.4, -0.2) is 24.6 Å². The summed E-state index contributed by atoms with van der Waals surface area (Å²) in [7, 11) is 0. The van der Waals surface area contributed by atoms with Crippen LogP contribution in [0.2, 0.25) is 5.02 Å². The highest BCUT2D eigenvalue weighted by molar-refractivity contribution is 6.32. The standard InChI is InChI=1S/C16H21ClN2O2/c17-13-5-3-4-11(10-19-12-7-8-12)15(13)21-14-6-1-2-9-18-16(14)20/h3-5,12,14,19H,1-2,6-10H2,(H,18,20). The van der Waals surface area contributed by atoms with Crippen LogP contribution < -0.4 is 15.4 Å². The highest BCUT2D eigenvalue weighted by Gasteiger charge is 2.25. The molecule has 1 amide bonds. The van der Waals surface area contributed by atoms with Gasteiger partial charge in [-0.1, -0.05) is 23.7 Å². The van der Waals surface area contributed by atoms with Crippen molar-refractivity contribution in [3.63, 3.8) is 0 Å². The van der Waals surface area contributed by atoms with E-state index in [9.17, 15) is 4.79 Å². The van der Waals surface area contributed by atoms with E-state index >= 15 is 0 Å².